The van der Waals surface area contributed by atoms with Gasteiger partial charge in [-0.3, -0.25) is 9.59 Å². The molecule has 6 heterocycles. The zero-order valence-electron chi connectivity index (χ0n) is 84.0. The van der Waals surface area contributed by atoms with Crippen molar-refractivity contribution >= 4 is 78.8 Å². The molecule has 2 fully saturated rings. The summed E-state index contributed by atoms with van der Waals surface area (Å²) >= 11 is 0. The van der Waals surface area contributed by atoms with Crippen LogP contribution in [-0.2, 0) is 135 Å². The highest BCUT2D eigenvalue weighted by molar-refractivity contribution is 6.09. The number of hydrogen-bond acceptors (Lipinski definition) is 35. The first kappa shape index (κ1) is 116. The van der Waals surface area contributed by atoms with E-state index < -0.39 is 11.6 Å². The number of rotatable bonds is 84. The number of imidazole rings is 2. The fraction of sp³-hybridized carbons (Fsp3) is 0.776. The van der Waals surface area contributed by atoms with Gasteiger partial charge in [0.25, 0.3) is 0 Å². The Labute approximate surface area is 808 Å². The van der Waals surface area contributed by atoms with E-state index >= 15 is 0 Å². The lowest BCUT2D eigenvalue weighted by molar-refractivity contribution is -0.156. The molecule has 0 amide bonds. The molecule has 0 radical (unpaired) electrons. The van der Waals surface area contributed by atoms with E-state index in [4.69, 9.17) is 136 Å². The molecule has 0 bridgehead atoms. The molecule has 0 unspecified atom stereocenters. The van der Waals surface area contributed by atoms with Crippen LogP contribution in [0.5, 0.6) is 0 Å². The van der Waals surface area contributed by atoms with Crippen LogP contribution in [0.2, 0.25) is 0 Å². The number of nitrogen functional groups attached to an aromatic ring is 2. The van der Waals surface area contributed by atoms with Crippen LogP contribution in [0, 0.1) is 0 Å². The lowest BCUT2D eigenvalue weighted by atomic mass is 10.1. The Kier molecular flexibility index (Phi) is 62.9. The summed E-state index contributed by atoms with van der Waals surface area (Å²) in [7, 11) is 8.68. The molecule has 0 aliphatic carbocycles. The van der Waals surface area contributed by atoms with Crippen LogP contribution in [0.25, 0.3) is 43.9 Å². The summed E-state index contributed by atoms with van der Waals surface area (Å²) in [5.41, 5.74) is 20.8. The second-order valence-electron chi connectivity index (χ2n) is 34.7. The number of unbranched alkanes of at least 4 members (excludes halogenated alkanes) is 4. The molecule has 38 heteroatoms. The molecule has 8 rings (SSSR count). The molecule has 4 aromatic heterocycles. The minimum absolute atomic E-state index is 0.00419. The maximum absolute atomic E-state index is 11.6. The zero-order chi connectivity index (χ0) is 96.9. The number of nitrogens with two attached hydrogens (primary N) is 2. The first-order chi connectivity index (χ1) is 66.4. The molecule has 2 aromatic carbocycles. The van der Waals surface area contributed by atoms with Gasteiger partial charge in [0.15, 0.2) is 11.6 Å². The Morgan fingerprint density at radius 2 is 0.618 bits per heavy atom. The number of hydrogen-bond donors (Lipinski definition) is 3. The Morgan fingerprint density at radius 1 is 0.353 bits per heavy atom. The van der Waals surface area contributed by atoms with Crippen LogP contribution < -0.4 is 21.3 Å². The number of nitrogens with zero attached hydrogens (tertiary/aromatic N) is 12. The number of carboxylic acid groups (broad SMARTS) is 1. The molecular weight excluding hydrogens is 1760 g/mol. The molecule has 2 saturated heterocycles. The van der Waals surface area contributed by atoms with Gasteiger partial charge in [-0.2, -0.15) is 0 Å². The molecule has 2 aliphatic rings. The number of anilines is 4. The van der Waals surface area contributed by atoms with Gasteiger partial charge in [0.2, 0.25) is 0 Å². The average Bonchev–Trinajstić information content (AvgIpc) is 1.62. The predicted molar refractivity (Wildman–Crippen MR) is 528 cm³/mol. The van der Waals surface area contributed by atoms with Crippen LogP contribution in [0.4, 0.5) is 23.0 Å². The van der Waals surface area contributed by atoms with Gasteiger partial charge >= 0.3 is 11.9 Å². The van der Waals surface area contributed by atoms with Gasteiger partial charge in [0, 0.05) is 114 Å². The van der Waals surface area contributed by atoms with E-state index in [0.29, 0.717) is 269 Å². The van der Waals surface area contributed by atoms with E-state index in [0.717, 1.165) is 211 Å². The average molecular weight is 1930 g/mol. The van der Waals surface area contributed by atoms with Gasteiger partial charge in [-0.1, -0.05) is 26.7 Å². The Balaban J connectivity index is 0.000000371. The Bertz CT molecular complexity index is 4040. The number of carbonyl (C=O) groups is 2. The van der Waals surface area contributed by atoms with Gasteiger partial charge in [-0.25, -0.2) is 19.9 Å². The summed E-state index contributed by atoms with van der Waals surface area (Å²) in [5, 5.41) is 10.8. The third kappa shape index (κ3) is 50.7. The standard InChI is InChI=1S/C51H89N7O12.C47H81N7O12/c1-7-8-11-46-54-48-49(44-42-43(12-13-45(44)53-50(48)52)57-19-17-56(6)18-20-57)58(46)16-10-9-15-55(5)21-23-61-25-27-63-29-31-65-33-35-67-37-39-69-41-40-68-38-36-66-34-32-64-30-28-62-26-24-60-22-14-47(59)70-51(2,3)4;1-4-5-8-43-50-45-46(41-39-40(9-10-42(41)49-47(45)48)53-16-14-52(3)15-17-53)54(43)13-7-6-12-51(2)18-20-58-22-24-60-26-28-62-30-32-64-34-36-66-38-37-65-35-33-63-31-29-61-27-25-59-23-21-57-19-11-44(55)56/h12-13,42H,7-11,14-41H2,1-6H3,(H2,52,53);9-10,39H,4-8,11-38H2,1-3H3,(H2,48,49)(H,55,56). The van der Waals surface area contributed by atoms with E-state index in [1.165, 1.54) is 11.4 Å². The van der Waals surface area contributed by atoms with Crippen LogP contribution in [0.1, 0.15) is 110 Å². The summed E-state index contributed by atoms with van der Waals surface area (Å²) in [4.78, 5) is 56.1. The number of aliphatic carboxylic acids is 1. The number of benzene rings is 2. The molecule has 0 atom stereocenters. The zero-order valence-corrected chi connectivity index (χ0v) is 84.0. The summed E-state index contributed by atoms with van der Waals surface area (Å²) in [6.45, 7) is 43.1. The van der Waals surface area contributed by atoms with Crippen molar-refractivity contribution < 1.29 is 114 Å². The van der Waals surface area contributed by atoms with Crippen molar-refractivity contribution in [2.75, 3.05) is 392 Å². The number of carbonyl (C=O) groups excluding carboxylic acids is 1. The predicted octanol–water partition coefficient (Wildman–Crippen LogP) is 8.48. The Morgan fingerprint density at radius 3 is 0.882 bits per heavy atom. The molecule has 0 saturated carbocycles. The number of likely N-dealkylation sites (N-methyl/N-ethyl adjacent to an activating group) is 4. The number of aryl methyl sites for hydroxylation is 4. The van der Waals surface area contributed by atoms with Crippen molar-refractivity contribution in [3.8, 4) is 0 Å². The normalized spacial score (nSPS) is 13.7. The highest BCUT2D eigenvalue weighted by Crippen LogP contribution is 2.35. The van der Waals surface area contributed by atoms with E-state index in [1.54, 1.807) is 0 Å². The molecule has 2 aliphatic heterocycles. The summed E-state index contributed by atoms with van der Waals surface area (Å²) in [5.74, 6) is 2.10. The van der Waals surface area contributed by atoms with Gasteiger partial charge in [0.1, 0.15) is 28.3 Å². The number of pyridine rings is 2. The lowest BCUT2D eigenvalue weighted by Gasteiger charge is -2.34. The van der Waals surface area contributed by atoms with Gasteiger partial charge in [-0.05, 0) is 137 Å². The van der Waals surface area contributed by atoms with Gasteiger partial charge in [-0.15, -0.1) is 0 Å². The quantitative estimate of drug-likeness (QED) is 0.0238. The third-order valence-electron chi connectivity index (χ3n) is 22.4. The van der Waals surface area contributed by atoms with Crippen LogP contribution in [-0.4, -0.2) is 442 Å². The van der Waals surface area contributed by atoms with Crippen molar-refractivity contribution in [2.24, 2.45) is 0 Å². The second-order valence-corrected chi connectivity index (χ2v) is 34.7. The fourth-order valence-electron chi connectivity index (χ4n) is 14.8. The number of esters is 1. The minimum Gasteiger partial charge on any atom is -0.481 e. The maximum Gasteiger partial charge on any atom is 0.308 e. The first-order valence-electron chi connectivity index (χ1n) is 49.8. The first-order valence-corrected chi connectivity index (χ1v) is 49.8. The topological polar surface area (TPSA) is 381 Å². The number of piperazine rings is 2. The Hall–Kier alpha value is -6.62. The smallest absolute Gasteiger partial charge is 0.308 e. The number of fused-ring (bicyclic) bond motifs is 6. The highest BCUT2D eigenvalue weighted by atomic mass is 16.6. The molecule has 6 aromatic rings. The summed E-state index contributed by atoms with van der Waals surface area (Å²) < 4.78 is 121. The minimum atomic E-state index is -0.874. The molecular formula is C98H170N14O24. The van der Waals surface area contributed by atoms with Crippen molar-refractivity contribution in [1.29, 1.82) is 0 Å². The number of aromatic nitrogens is 6. The van der Waals surface area contributed by atoms with E-state index in [2.05, 4.69) is 117 Å². The van der Waals surface area contributed by atoms with Crippen LogP contribution >= 0.6 is 0 Å². The van der Waals surface area contributed by atoms with Crippen molar-refractivity contribution in [3.63, 3.8) is 0 Å². The summed E-state index contributed by atoms with van der Waals surface area (Å²) in [6, 6.07) is 13.2. The monoisotopic (exact) mass is 1930 g/mol. The van der Waals surface area contributed by atoms with Crippen LogP contribution in [0.15, 0.2) is 36.4 Å². The number of carboxylic acids is 1. The SMILES string of the molecule is CCCCc1nc2c(N)nc3ccc(N4CCN(C)CC4)cc3c2n1CCCCN(C)CCOCCOCCOCCOCCOCCOCCOCCOCCOCCOCCC(=O)O.CCCCc1nc2c(N)nc3ccc(N4CCN(C)CC4)cc3c2n1CCCCN(C)CCOCCOCCOCCOCCOCCOCCOCCOCCOCCOCCC(=O)OC(C)(C)C. The highest BCUT2D eigenvalue weighted by Gasteiger charge is 2.24. The van der Waals surface area contributed by atoms with Gasteiger partial charge in [0.05, 0.1) is 299 Å². The van der Waals surface area contributed by atoms with Crippen molar-refractivity contribution in [2.45, 2.75) is 130 Å². The molecule has 38 nitrogen and oxygen atoms in total. The van der Waals surface area contributed by atoms with E-state index in [9.17, 15) is 9.59 Å². The van der Waals surface area contributed by atoms with Crippen LogP contribution in [0.3, 0.4) is 0 Å². The summed E-state index contributed by atoms with van der Waals surface area (Å²) in [6.07, 6.45) is 10.7. The third-order valence-corrected chi connectivity index (χ3v) is 22.4. The number of ether oxygens (including phenoxy) is 21. The lowest BCUT2D eigenvalue weighted by Crippen LogP contribution is -2.44. The van der Waals surface area contributed by atoms with Crippen molar-refractivity contribution in [1.82, 2.24) is 48.7 Å². The van der Waals surface area contributed by atoms with Gasteiger partial charge < -0.3 is 155 Å². The molecule has 136 heavy (non-hydrogen) atoms. The van der Waals surface area contributed by atoms with E-state index in [1.807, 2.05) is 20.8 Å². The van der Waals surface area contributed by atoms with E-state index in [-0.39, 0.29) is 25.4 Å². The second kappa shape index (κ2) is 73.5. The van der Waals surface area contributed by atoms with Crippen molar-refractivity contribution in [3.05, 3.63) is 48.0 Å². The fourth-order valence-corrected chi connectivity index (χ4v) is 14.8. The molecule has 0 spiro atoms. The molecule has 776 valence electrons. The molecule has 5 N–H and O–H groups in total. The maximum atomic E-state index is 11.6. The largest absolute Gasteiger partial charge is 0.481 e.